The molecule has 0 radical (unpaired) electrons. The van der Waals surface area contributed by atoms with Crippen LogP contribution >= 0.6 is 0 Å². The topological polar surface area (TPSA) is 102 Å². The van der Waals surface area contributed by atoms with Gasteiger partial charge in [0, 0.05) is 0 Å². The average molecular weight is 301 g/mol. The summed E-state index contributed by atoms with van der Waals surface area (Å²) in [6, 6.07) is 4.07. The van der Waals surface area contributed by atoms with Gasteiger partial charge in [0.1, 0.15) is 12.6 Å². The molecule has 1 amide bonds. The fraction of sp³-hybridized carbons (Fsp3) is 0.250. The van der Waals surface area contributed by atoms with Gasteiger partial charge in [-0.25, -0.2) is 0 Å². The average Bonchev–Trinajstić information content (AvgIpc) is 2.41. The molecular weight excluding hydrogens is 291 g/mol. The van der Waals surface area contributed by atoms with Gasteiger partial charge < -0.3 is 15.7 Å². The van der Waals surface area contributed by atoms with Crippen molar-refractivity contribution in [2.75, 3.05) is 18.4 Å². The van der Waals surface area contributed by atoms with Gasteiger partial charge in [0.05, 0.1) is 23.4 Å². The van der Waals surface area contributed by atoms with Gasteiger partial charge in [-0.05, 0) is 18.2 Å². The standard InChI is InChI=1S/C12H10F3N3O3/c13-12(14,15)8-1-2-9(7(3-8)4-16)17-5-10(19)18-6-11(20)21/h1-3,17H,5-6H2,(H,18,19)(H,20,21). The van der Waals surface area contributed by atoms with E-state index in [0.717, 1.165) is 12.1 Å². The number of hydrogen-bond acceptors (Lipinski definition) is 4. The monoisotopic (exact) mass is 301 g/mol. The van der Waals surface area contributed by atoms with Crippen LogP contribution in [0.25, 0.3) is 0 Å². The highest BCUT2D eigenvalue weighted by Crippen LogP contribution is 2.31. The third-order valence-electron chi connectivity index (χ3n) is 2.34. The summed E-state index contributed by atoms with van der Waals surface area (Å²) >= 11 is 0. The van der Waals surface area contributed by atoms with Crippen LogP contribution in [0.5, 0.6) is 0 Å². The Labute approximate surface area is 117 Å². The lowest BCUT2D eigenvalue weighted by molar-refractivity contribution is -0.138. The van der Waals surface area contributed by atoms with E-state index in [9.17, 15) is 22.8 Å². The van der Waals surface area contributed by atoms with E-state index < -0.39 is 30.2 Å². The molecule has 0 aromatic heterocycles. The summed E-state index contributed by atoms with van der Waals surface area (Å²) in [5.74, 6) is -1.89. The number of carbonyl (C=O) groups excluding carboxylic acids is 1. The van der Waals surface area contributed by atoms with Crippen molar-refractivity contribution in [2.45, 2.75) is 6.18 Å². The zero-order chi connectivity index (χ0) is 16.0. The number of rotatable bonds is 5. The minimum atomic E-state index is -4.57. The summed E-state index contributed by atoms with van der Waals surface area (Å²) < 4.78 is 37.4. The van der Waals surface area contributed by atoms with E-state index >= 15 is 0 Å². The van der Waals surface area contributed by atoms with Gasteiger partial charge in [-0.1, -0.05) is 0 Å². The third-order valence-corrected chi connectivity index (χ3v) is 2.34. The zero-order valence-corrected chi connectivity index (χ0v) is 10.5. The number of halogens is 3. The van der Waals surface area contributed by atoms with Crippen molar-refractivity contribution in [3.63, 3.8) is 0 Å². The molecule has 3 N–H and O–H groups in total. The number of amides is 1. The first-order valence-corrected chi connectivity index (χ1v) is 5.57. The molecule has 0 unspecified atom stereocenters. The Morgan fingerprint density at radius 1 is 1.29 bits per heavy atom. The number of aliphatic carboxylic acids is 1. The molecule has 0 saturated heterocycles. The number of benzene rings is 1. The minimum Gasteiger partial charge on any atom is -0.480 e. The quantitative estimate of drug-likeness (QED) is 0.758. The Balaban J connectivity index is 2.74. The fourth-order valence-corrected chi connectivity index (χ4v) is 1.38. The van der Waals surface area contributed by atoms with Crippen LogP contribution in [0.2, 0.25) is 0 Å². The third kappa shape index (κ3) is 5.02. The van der Waals surface area contributed by atoms with Gasteiger partial charge in [0.25, 0.3) is 0 Å². The minimum absolute atomic E-state index is 0.0518. The van der Waals surface area contributed by atoms with Gasteiger partial charge >= 0.3 is 12.1 Å². The van der Waals surface area contributed by atoms with Crippen molar-refractivity contribution in [3.05, 3.63) is 29.3 Å². The predicted molar refractivity (Wildman–Crippen MR) is 65.3 cm³/mol. The van der Waals surface area contributed by atoms with Crippen LogP contribution in [0, 0.1) is 11.3 Å². The Bertz CT molecular complexity index is 594. The SMILES string of the molecule is N#Cc1cc(C(F)(F)F)ccc1NCC(=O)NCC(=O)O. The van der Waals surface area contributed by atoms with E-state index in [1.54, 1.807) is 6.07 Å². The van der Waals surface area contributed by atoms with Crippen LogP contribution in [-0.4, -0.2) is 30.1 Å². The van der Waals surface area contributed by atoms with E-state index in [4.69, 9.17) is 10.4 Å². The van der Waals surface area contributed by atoms with Gasteiger partial charge in [0.15, 0.2) is 0 Å². The van der Waals surface area contributed by atoms with Crippen molar-refractivity contribution < 1.29 is 27.9 Å². The summed E-state index contributed by atoms with van der Waals surface area (Å²) in [6.07, 6.45) is -4.57. The molecule has 21 heavy (non-hydrogen) atoms. The first-order valence-electron chi connectivity index (χ1n) is 5.57. The van der Waals surface area contributed by atoms with E-state index in [0.29, 0.717) is 6.07 Å². The number of carboxylic acids is 1. The maximum absolute atomic E-state index is 12.5. The van der Waals surface area contributed by atoms with Crippen LogP contribution in [-0.2, 0) is 15.8 Å². The van der Waals surface area contributed by atoms with Crippen molar-refractivity contribution in [3.8, 4) is 6.07 Å². The van der Waals surface area contributed by atoms with Crippen LogP contribution < -0.4 is 10.6 Å². The van der Waals surface area contributed by atoms with Gasteiger partial charge in [-0.2, -0.15) is 18.4 Å². The van der Waals surface area contributed by atoms with Crippen LogP contribution in [0.4, 0.5) is 18.9 Å². The molecule has 0 spiro atoms. The summed E-state index contributed by atoms with van der Waals surface area (Å²) in [7, 11) is 0. The Morgan fingerprint density at radius 3 is 2.48 bits per heavy atom. The van der Waals surface area contributed by atoms with Gasteiger partial charge in [0.2, 0.25) is 5.91 Å². The van der Waals surface area contributed by atoms with Crippen LogP contribution in [0.15, 0.2) is 18.2 Å². The van der Waals surface area contributed by atoms with Gasteiger partial charge in [-0.15, -0.1) is 0 Å². The first kappa shape index (κ1) is 16.3. The van der Waals surface area contributed by atoms with Crippen LogP contribution in [0.3, 0.4) is 0 Å². The highest BCUT2D eigenvalue weighted by molar-refractivity contribution is 5.84. The molecule has 0 aliphatic rings. The van der Waals surface area contributed by atoms with E-state index in [2.05, 4.69) is 10.6 Å². The molecule has 0 atom stereocenters. The van der Waals surface area contributed by atoms with Crippen molar-refractivity contribution in [2.24, 2.45) is 0 Å². The number of carboxylic acid groups (broad SMARTS) is 1. The summed E-state index contributed by atoms with van der Waals surface area (Å²) in [4.78, 5) is 21.5. The number of anilines is 1. The molecule has 9 heteroatoms. The molecule has 1 aromatic carbocycles. The maximum atomic E-state index is 12.5. The molecule has 0 aliphatic heterocycles. The first-order chi connectivity index (χ1) is 9.74. The van der Waals surface area contributed by atoms with Crippen molar-refractivity contribution >= 4 is 17.6 Å². The second kappa shape index (κ2) is 6.60. The van der Waals surface area contributed by atoms with Crippen LogP contribution in [0.1, 0.15) is 11.1 Å². The van der Waals surface area contributed by atoms with Gasteiger partial charge in [-0.3, -0.25) is 9.59 Å². The van der Waals surface area contributed by atoms with E-state index in [1.165, 1.54) is 0 Å². The zero-order valence-electron chi connectivity index (χ0n) is 10.5. The highest BCUT2D eigenvalue weighted by atomic mass is 19.4. The largest absolute Gasteiger partial charge is 0.480 e. The lowest BCUT2D eigenvalue weighted by atomic mass is 10.1. The van der Waals surface area contributed by atoms with E-state index in [-0.39, 0.29) is 17.8 Å². The normalized spacial score (nSPS) is 10.6. The summed E-state index contributed by atoms with van der Waals surface area (Å²) in [5, 5.41) is 21.7. The molecule has 6 nitrogen and oxygen atoms in total. The molecular formula is C12H10F3N3O3. The Morgan fingerprint density at radius 2 is 1.95 bits per heavy atom. The molecule has 0 bridgehead atoms. The molecule has 1 rings (SSSR count). The second-order valence-corrected chi connectivity index (χ2v) is 3.89. The van der Waals surface area contributed by atoms with E-state index in [1.807, 2.05) is 0 Å². The Hall–Kier alpha value is -2.76. The number of nitrogens with zero attached hydrogens (tertiary/aromatic N) is 1. The van der Waals surface area contributed by atoms with Crippen molar-refractivity contribution in [1.29, 1.82) is 5.26 Å². The highest BCUT2D eigenvalue weighted by Gasteiger charge is 2.31. The smallest absolute Gasteiger partial charge is 0.416 e. The number of alkyl halides is 3. The lowest BCUT2D eigenvalue weighted by Crippen LogP contribution is -2.33. The number of hydrogen-bond donors (Lipinski definition) is 3. The predicted octanol–water partition coefficient (Wildman–Crippen LogP) is 1.19. The number of carbonyl (C=O) groups is 2. The second-order valence-electron chi connectivity index (χ2n) is 3.89. The molecule has 1 aromatic rings. The summed E-state index contributed by atoms with van der Waals surface area (Å²) in [6.45, 7) is -0.939. The molecule has 0 heterocycles. The number of nitriles is 1. The fourth-order valence-electron chi connectivity index (χ4n) is 1.38. The molecule has 112 valence electrons. The summed E-state index contributed by atoms with van der Waals surface area (Å²) in [5.41, 5.74) is -1.19. The Kier molecular flexibility index (Phi) is 5.12. The molecule has 0 saturated carbocycles. The number of nitrogens with one attached hydrogen (secondary N) is 2. The molecule has 0 fully saturated rings. The maximum Gasteiger partial charge on any atom is 0.416 e. The lowest BCUT2D eigenvalue weighted by Gasteiger charge is -2.11. The molecule has 0 aliphatic carbocycles. The van der Waals surface area contributed by atoms with Crippen molar-refractivity contribution in [1.82, 2.24) is 5.32 Å².